The third kappa shape index (κ3) is 2.28. The zero-order valence-corrected chi connectivity index (χ0v) is 19.9. The lowest BCUT2D eigenvalue weighted by Crippen LogP contribution is -2.56. The first-order chi connectivity index (χ1) is 15.6. The van der Waals surface area contributed by atoms with E-state index in [1.165, 1.54) is 0 Å². The van der Waals surface area contributed by atoms with Gasteiger partial charge < -0.3 is 28.5 Å². The Morgan fingerprint density at radius 2 is 1.91 bits per heavy atom. The molecule has 6 rings (SSSR count). The van der Waals surface area contributed by atoms with Gasteiger partial charge in [0.25, 0.3) is 0 Å². The first-order valence-electron chi connectivity index (χ1n) is 11.5. The van der Waals surface area contributed by atoms with Crippen molar-refractivity contribution in [3.8, 4) is 11.5 Å². The number of phenolic OH excluding ortho intramolecular Hbond substituents is 1. The molecule has 0 saturated heterocycles. The van der Waals surface area contributed by atoms with Crippen LogP contribution < -0.4 is 10.4 Å². The van der Waals surface area contributed by atoms with E-state index in [4.69, 9.17) is 23.4 Å². The molecule has 33 heavy (non-hydrogen) atoms. The Morgan fingerprint density at radius 1 is 1.15 bits per heavy atom. The van der Waals surface area contributed by atoms with Crippen molar-refractivity contribution >= 4 is 11.0 Å². The predicted octanol–water partition coefficient (Wildman–Crippen LogP) is 4.46. The molecule has 1 spiro atoms. The average molecular weight is 455 g/mol. The van der Waals surface area contributed by atoms with Crippen LogP contribution in [-0.4, -0.2) is 37.5 Å². The van der Waals surface area contributed by atoms with Crippen molar-refractivity contribution < 1.29 is 28.5 Å². The minimum absolute atomic E-state index is 0.0416. The van der Waals surface area contributed by atoms with Crippen molar-refractivity contribution in [3.05, 3.63) is 45.3 Å². The number of hydrogen-bond donors (Lipinski definition) is 1. The summed E-state index contributed by atoms with van der Waals surface area (Å²) < 4.78 is 30.7. The third-order valence-electron chi connectivity index (χ3n) is 8.62. The van der Waals surface area contributed by atoms with Crippen molar-refractivity contribution in [1.29, 1.82) is 0 Å². The molecule has 0 bridgehead atoms. The molecule has 1 aromatic heterocycles. The van der Waals surface area contributed by atoms with Crippen LogP contribution in [0.15, 0.2) is 38.6 Å². The second-order valence-corrected chi connectivity index (χ2v) is 10.9. The fraction of sp³-hybridized carbons (Fsp3) is 0.577. The molecule has 1 saturated carbocycles. The average Bonchev–Trinajstić information content (AvgIpc) is 3.18. The minimum atomic E-state index is -0.797. The highest BCUT2D eigenvalue weighted by atomic mass is 16.8. The Hall–Kier alpha value is -2.35. The zero-order valence-electron chi connectivity index (χ0n) is 19.9. The second-order valence-electron chi connectivity index (χ2n) is 10.9. The molecular formula is C26H30O7. The van der Waals surface area contributed by atoms with Gasteiger partial charge in [-0.25, -0.2) is 4.79 Å². The number of fused-ring (bicyclic) bond motifs is 4. The largest absolute Gasteiger partial charge is 0.507 e. The van der Waals surface area contributed by atoms with Gasteiger partial charge in [0, 0.05) is 31.0 Å². The van der Waals surface area contributed by atoms with Crippen LogP contribution in [-0.2, 0) is 14.2 Å². The molecule has 1 aromatic carbocycles. The van der Waals surface area contributed by atoms with Crippen LogP contribution in [0.4, 0.5) is 0 Å². The lowest BCUT2D eigenvalue weighted by Gasteiger charge is -2.52. The quantitative estimate of drug-likeness (QED) is 0.529. The molecule has 4 aliphatic rings. The summed E-state index contributed by atoms with van der Waals surface area (Å²) in [5.41, 5.74) is 1.03. The van der Waals surface area contributed by atoms with E-state index in [9.17, 15) is 9.90 Å². The van der Waals surface area contributed by atoms with Crippen molar-refractivity contribution in [2.24, 2.45) is 16.7 Å². The lowest BCUT2D eigenvalue weighted by molar-refractivity contribution is -0.263. The van der Waals surface area contributed by atoms with Gasteiger partial charge in [-0.3, -0.25) is 0 Å². The summed E-state index contributed by atoms with van der Waals surface area (Å²) in [5, 5.41) is 11.2. The molecule has 2 aromatic rings. The fourth-order valence-electron chi connectivity index (χ4n) is 7.73. The second kappa shape index (κ2) is 6.40. The Bertz CT molecular complexity index is 1270. The van der Waals surface area contributed by atoms with E-state index in [0.29, 0.717) is 28.7 Å². The molecule has 0 radical (unpaired) electrons. The highest BCUT2D eigenvalue weighted by molar-refractivity contribution is 5.91. The van der Waals surface area contributed by atoms with Gasteiger partial charge in [0.1, 0.15) is 28.1 Å². The number of ether oxygens (including phenoxy) is 4. The molecule has 1 N–H and O–H groups in total. The summed E-state index contributed by atoms with van der Waals surface area (Å²) in [6.45, 7) is 8.69. The van der Waals surface area contributed by atoms with Gasteiger partial charge in [0.15, 0.2) is 12.6 Å². The van der Waals surface area contributed by atoms with E-state index in [1.807, 2.05) is 0 Å². The molecular weight excluding hydrogens is 424 g/mol. The van der Waals surface area contributed by atoms with Gasteiger partial charge >= 0.3 is 5.63 Å². The van der Waals surface area contributed by atoms with Gasteiger partial charge in [0.2, 0.25) is 0 Å². The van der Waals surface area contributed by atoms with E-state index in [-0.39, 0.29) is 23.0 Å². The van der Waals surface area contributed by atoms with Crippen LogP contribution >= 0.6 is 0 Å². The summed E-state index contributed by atoms with van der Waals surface area (Å²) in [6, 6.07) is 4.95. The first kappa shape index (κ1) is 21.2. The first-order valence-corrected chi connectivity index (χ1v) is 11.5. The Morgan fingerprint density at radius 3 is 2.61 bits per heavy atom. The number of rotatable bonds is 2. The lowest BCUT2D eigenvalue weighted by atomic mass is 9.59. The number of methoxy groups -OCH3 is 2. The molecule has 3 heterocycles. The predicted molar refractivity (Wildman–Crippen MR) is 120 cm³/mol. The van der Waals surface area contributed by atoms with Crippen molar-refractivity contribution in [2.45, 2.75) is 64.6 Å². The highest BCUT2D eigenvalue weighted by Crippen LogP contribution is 2.74. The molecule has 176 valence electrons. The number of phenols is 1. The summed E-state index contributed by atoms with van der Waals surface area (Å²) in [5.74, 6) is 0.367. The Labute approximate surface area is 192 Å². The maximum absolute atomic E-state index is 13.3. The maximum Gasteiger partial charge on any atom is 0.343 e. The summed E-state index contributed by atoms with van der Waals surface area (Å²) >= 11 is 0. The van der Waals surface area contributed by atoms with Crippen LogP contribution in [0.1, 0.15) is 52.0 Å². The Kier molecular flexibility index (Phi) is 4.11. The maximum atomic E-state index is 13.3. The number of benzene rings is 1. The summed E-state index contributed by atoms with van der Waals surface area (Å²) in [4.78, 5) is 13.3. The molecule has 2 aliphatic carbocycles. The van der Waals surface area contributed by atoms with Gasteiger partial charge in [0.05, 0.1) is 5.56 Å². The minimum Gasteiger partial charge on any atom is -0.507 e. The fourth-order valence-corrected chi connectivity index (χ4v) is 7.73. The molecule has 1 fully saturated rings. The molecule has 6 unspecified atom stereocenters. The summed E-state index contributed by atoms with van der Waals surface area (Å²) in [7, 11) is 3.30. The van der Waals surface area contributed by atoms with Gasteiger partial charge in [-0.2, -0.15) is 0 Å². The topological polar surface area (TPSA) is 87.4 Å². The normalized spacial score (nSPS) is 38.1. The molecule has 2 aliphatic heterocycles. The van der Waals surface area contributed by atoms with Crippen molar-refractivity contribution in [2.75, 3.05) is 14.2 Å². The van der Waals surface area contributed by atoms with E-state index >= 15 is 0 Å². The molecule has 6 atom stereocenters. The van der Waals surface area contributed by atoms with E-state index in [1.54, 1.807) is 32.4 Å². The van der Waals surface area contributed by atoms with Crippen molar-refractivity contribution in [1.82, 2.24) is 0 Å². The van der Waals surface area contributed by atoms with E-state index in [0.717, 1.165) is 17.6 Å². The van der Waals surface area contributed by atoms with E-state index < -0.39 is 29.2 Å². The van der Waals surface area contributed by atoms with Crippen LogP contribution in [0.2, 0.25) is 0 Å². The van der Waals surface area contributed by atoms with Crippen LogP contribution in [0, 0.1) is 16.7 Å². The molecule has 7 nitrogen and oxygen atoms in total. The monoisotopic (exact) mass is 454 g/mol. The van der Waals surface area contributed by atoms with Crippen LogP contribution in [0.3, 0.4) is 0 Å². The smallest absolute Gasteiger partial charge is 0.343 e. The number of aromatic hydroxyl groups is 1. The summed E-state index contributed by atoms with van der Waals surface area (Å²) in [6.07, 6.45) is 0.379. The van der Waals surface area contributed by atoms with E-state index in [2.05, 4.69) is 27.7 Å². The van der Waals surface area contributed by atoms with Crippen LogP contribution in [0.5, 0.6) is 11.5 Å². The van der Waals surface area contributed by atoms with Crippen LogP contribution in [0.25, 0.3) is 11.0 Å². The zero-order chi connectivity index (χ0) is 23.5. The van der Waals surface area contributed by atoms with Gasteiger partial charge in [-0.05, 0) is 42.0 Å². The molecule has 0 amide bonds. The van der Waals surface area contributed by atoms with Crippen molar-refractivity contribution in [3.63, 3.8) is 0 Å². The highest BCUT2D eigenvalue weighted by Gasteiger charge is 2.75. The number of hydrogen-bond acceptors (Lipinski definition) is 7. The van der Waals surface area contributed by atoms with Gasteiger partial charge in [-0.15, -0.1) is 0 Å². The third-order valence-corrected chi connectivity index (χ3v) is 8.62. The molecule has 7 heteroatoms. The van der Waals surface area contributed by atoms with Gasteiger partial charge in [-0.1, -0.05) is 33.8 Å². The SMILES string of the molecule is COC1OC(OC)C2(C)CC(C)(C)C34Oc5c(c(=O)oc6cccc(O)c56)C3CC(C)C1=C24. The standard InChI is InChI=1S/C26H30O7/c1-12-10-13-17-19(18-14(27)8-7-9-15(18)31-21(17)28)33-26(13)20-16(12)22(29-5)32-23(30-6)25(20,4)11-24(26,2)3/h7-9,12-13,22-23,27H,10-11H2,1-6H3. The Balaban J connectivity index is 1.72.